The molecule has 0 bridgehead atoms. The molecule has 0 aliphatic carbocycles. The lowest BCUT2D eigenvalue weighted by Crippen LogP contribution is -1.94. The summed E-state index contributed by atoms with van der Waals surface area (Å²) in [4.78, 5) is 0. The van der Waals surface area contributed by atoms with Crippen LogP contribution >= 0.6 is 0 Å². The quantitative estimate of drug-likeness (QED) is 0.838. The Balaban J connectivity index is 2.28. The molecule has 0 aromatic heterocycles. The third-order valence-electron chi connectivity index (χ3n) is 2.48. The SMILES string of the molecule is CNc1cccc(Nc2ccccc2C#N)c1. The van der Waals surface area contributed by atoms with Crippen molar-refractivity contribution < 1.29 is 0 Å². The summed E-state index contributed by atoms with van der Waals surface area (Å²) in [6.07, 6.45) is 0. The van der Waals surface area contributed by atoms with Gasteiger partial charge in [0, 0.05) is 18.4 Å². The van der Waals surface area contributed by atoms with E-state index in [0.29, 0.717) is 5.56 Å². The summed E-state index contributed by atoms with van der Waals surface area (Å²) in [5.41, 5.74) is 3.45. The molecule has 0 fully saturated rings. The van der Waals surface area contributed by atoms with Crippen LogP contribution in [0.3, 0.4) is 0 Å². The Labute approximate surface area is 101 Å². The lowest BCUT2D eigenvalue weighted by atomic mass is 10.2. The first-order valence-electron chi connectivity index (χ1n) is 5.37. The van der Waals surface area contributed by atoms with E-state index in [2.05, 4.69) is 16.7 Å². The molecule has 0 saturated heterocycles. The van der Waals surface area contributed by atoms with Gasteiger partial charge in [-0.3, -0.25) is 0 Å². The van der Waals surface area contributed by atoms with Crippen molar-refractivity contribution in [2.24, 2.45) is 0 Å². The highest BCUT2D eigenvalue weighted by Crippen LogP contribution is 2.22. The van der Waals surface area contributed by atoms with Gasteiger partial charge < -0.3 is 10.6 Å². The van der Waals surface area contributed by atoms with Gasteiger partial charge in [0.2, 0.25) is 0 Å². The van der Waals surface area contributed by atoms with E-state index in [-0.39, 0.29) is 0 Å². The van der Waals surface area contributed by atoms with E-state index in [4.69, 9.17) is 5.26 Å². The van der Waals surface area contributed by atoms with Gasteiger partial charge in [-0.2, -0.15) is 5.26 Å². The minimum atomic E-state index is 0.641. The van der Waals surface area contributed by atoms with Gasteiger partial charge in [0.1, 0.15) is 6.07 Å². The van der Waals surface area contributed by atoms with Crippen LogP contribution in [0.4, 0.5) is 17.1 Å². The highest BCUT2D eigenvalue weighted by atomic mass is 14.9. The molecule has 84 valence electrons. The lowest BCUT2D eigenvalue weighted by molar-refractivity contribution is 1.45. The minimum Gasteiger partial charge on any atom is -0.388 e. The molecule has 0 unspecified atom stereocenters. The Morgan fingerprint density at radius 3 is 2.53 bits per heavy atom. The van der Waals surface area contributed by atoms with E-state index in [1.165, 1.54) is 0 Å². The van der Waals surface area contributed by atoms with Crippen molar-refractivity contribution in [3.63, 3.8) is 0 Å². The second-order valence-electron chi connectivity index (χ2n) is 3.61. The Kier molecular flexibility index (Phi) is 3.27. The summed E-state index contributed by atoms with van der Waals surface area (Å²) in [7, 11) is 1.88. The second-order valence-corrected chi connectivity index (χ2v) is 3.61. The van der Waals surface area contributed by atoms with E-state index in [1.807, 2.05) is 49.5 Å². The molecule has 2 aromatic carbocycles. The summed E-state index contributed by atoms with van der Waals surface area (Å²) in [5.74, 6) is 0. The molecular weight excluding hydrogens is 210 g/mol. The van der Waals surface area contributed by atoms with Gasteiger partial charge in [-0.15, -0.1) is 0 Å². The number of hydrogen-bond donors (Lipinski definition) is 2. The zero-order valence-corrected chi connectivity index (χ0v) is 9.57. The summed E-state index contributed by atoms with van der Waals surface area (Å²) in [5, 5.41) is 15.3. The summed E-state index contributed by atoms with van der Waals surface area (Å²) < 4.78 is 0. The van der Waals surface area contributed by atoms with Gasteiger partial charge in [-0.25, -0.2) is 0 Å². The van der Waals surface area contributed by atoms with Gasteiger partial charge in [-0.05, 0) is 30.3 Å². The van der Waals surface area contributed by atoms with Crippen molar-refractivity contribution >= 4 is 17.1 Å². The number of nitrogens with one attached hydrogen (secondary N) is 2. The zero-order chi connectivity index (χ0) is 12.1. The Morgan fingerprint density at radius 1 is 1.00 bits per heavy atom. The number of para-hydroxylation sites is 1. The number of nitriles is 1. The molecule has 0 saturated carbocycles. The fraction of sp³-hybridized carbons (Fsp3) is 0.0714. The van der Waals surface area contributed by atoms with Crippen LogP contribution < -0.4 is 10.6 Å². The number of benzene rings is 2. The van der Waals surface area contributed by atoms with Gasteiger partial charge >= 0.3 is 0 Å². The molecule has 0 aliphatic heterocycles. The summed E-state index contributed by atoms with van der Waals surface area (Å²) in [6, 6.07) is 17.5. The van der Waals surface area contributed by atoms with Crippen LogP contribution in [0, 0.1) is 11.3 Å². The van der Waals surface area contributed by atoms with Gasteiger partial charge in [0.15, 0.2) is 0 Å². The highest BCUT2D eigenvalue weighted by Gasteiger charge is 2.01. The average Bonchev–Trinajstić information content (AvgIpc) is 2.39. The van der Waals surface area contributed by atoms with Crippen LogP contribution in [-0.2, 0) is 0 Å². The molecule has 2 rings (SSSR count). The zero-order valence-electron chi connectivity index (χ0n) is 9.57. The topological polar surface area (TPSA) is 47.8 Å². The predicted molar refractivity (Wildman–Crippen MR) is 70.4 cm³/mol. The first-order valence-corrected chi connectivity index (χ1v) is 5.37. The fourth-order valence-corrected chi connectivity index (χ4v) is 1.60. The third kappa shape index (κ3) is 2.56. The minimum absolute atomic E-state index is 0.641. The molecule has 0 amide bonds. The average molecular weight is 223 g/mol. The number of anilines is 3. The van der Waals surface area contributed by atoms with E-state index in [0.717, 1.165) is 17.1 Å². The van der Waals surface area contributed by atoms with E-state index >= 15 is 0 Å². The van der Waals surface area contributed by atoms with Crippen LogP contribution in [0.1, 0.15) is 5.56 Å². The van der Waals surface area contributed by atoms with E-state index in [1.54, 1.807) is 6.07 Å². The van der Waals surface area contributed by atoms with E-state index in [9.17, 15) is 0 Å². The van der Waals surface area contributed by atoms with Crippen molar-refractivity contribution in [2.45, 2.75) is 0 Å². The number of hydrogen-bond acceptors (Lipinski definition) is 3. The second kappa shape index (κ2) is 5.04. The standard InChI is InChI=1S/C14H13N3/c1-16-12-6-4-7-13(9-12)17-14-8-3-2-5-11(14)10-15/h2-9,16-17H,1H3. The number of nitrogens with zero attached hydrogens (tertiary/aromatic N) is 1. The lowest BCUT2D eigenvalue weighted by Gasteiger charge is -2.09. The Hall–Kier alpha value is -2.47. The molecule has 2 N–H and O–H groups in total. The van der Waals surface area contributed by atoms with Crippen molar-refractivity contribution in [1.29, 1.82) is 5.26 Å². The van der Waals surface area contributed by atoms with Crippen molar-refractivity contribution in [3.05, 3.63) is 54.1 Å². The largest absolute Gasteiger partial charge is 0.388 e. The molecule has 0 spiro atoms. The molecule has 2 aromatic rings. The van der Waals surface area contributed by atoms with Crippen LogP contribution in [0.5, 0.6) is 0 Å². The molecule has 0 aliphatic rings. The van der Waals surface area contributed by atoms with Crippen LogP contribution in [-0.4, -0.2) is 7.05 Å². The molecule has 17 heavy (non-hydrogen) atoms. The molecular formula is C14H13N3. The van der Waals surface area contributed by atoms with Crippen LogP contribution in [0.2, 0.25) is 0 Å². The molecule has 3 heteroatoms. The molecule has 0 heterocycles. The Bertz CT molecular complexity index is 555. The molecule has 0 radical (unpaired) electrons. The maximum absolute atomic E-state index is 8.99. The van der Waals surface area contributed by atoms with Crippen LogP contribution in [0.25, 0.3) is 0 Å². The van der Waals surface area contributed by atoms with Gasteiger partial charge in [0.25, 0.3) is 0 Å². The maximum Gasteiger partial charge on any atom is 0.101 e. The van der Waals surface area contributed by atoms with Crippen LogP contribution in [0.15, 0.2) is 48.5 Å². The monoisotopic (exact) mass is 223 g/mol. The Morgan fingerprint density at radius 2 is 1.76 bits per heavy atom. The smallest absolute Gasteiger partial charge is 0.101 e. The van der Waals surface area contributed by atoms with E-state index < -0.39 is 0 Å². The predicted octanol–water partition coefficient (Wildman–Crippen LogP) is 3.34. The van der Waals surface area contributed by atoms with Crippen molar-refractivity contribution in [1.82, 2.24) is 0 Å². The highest BCUT2D eigenvalue weighted by molar-refractivity contribution is 5.68. The van der Waals surface area contributed by atoms with Crippen molar-refractivity contribution in [3.8, 4) is 6.07 Å². The third-order valence-corrected chi connectivity index (χ3v) is 2.48. The first kappa shape index (κ1) is 11.0. The van der Waals surface area contributed by atoms with Gasteiger partial charge in [0.05, 0.1) is 11.3 Å². The fourth-order valence-electron chi connectivity index (χ4n) is 1.60. The normalized spacial score (nSPS) is 9.41. The first-order chi connectivity index (χ1) is 8.33. The number of rotatable bonds is 3. The van der Waals surface area contributed by atoms with Gasteiger partial charge in [-0.1, -0.05) is 18.2 Å². The summed E-state index contributed by atoms with van der Waals surface area (Å²) >= 11 is 0. The molecule has 0 atom stereocenters. The molecule has 3 nitrogen and oxygen atoms in total. The summed E-state index contributed by atoms with van der Waals surface area (Å²) in [6.45, 7) is 0. The van der Waals surface area contributed by atoms with Crippen molar-refractivity contribution in [2.75, 3.05) is 17.7 Å². The maximum atomic E-state index is 8.99.